The first-order chi connectivity index (χ1) is 14.2. The Morgan fingerprint density at radius 3 is 2.59 bits per heavy atom. The lowest BCUT2D eigenvalue weighted by molar-refractivity contribution is -0.115. The third-order valence-electron chi connectivity index (χ3n) is 4.49. The molecule has 1 N–H and O–H groups in total. The summed E-state index contributed by atoms with van der Waals surface area (Å²) in [6.07, 6.45) is 1.46. The van der Waals surface area contributed by atoms with Crippen molar-refractivity contribution in [1.82, 2.24) is 0 Å². The fourth-order valence-electron chi connectivity index (χ4n) is 3.15. The molecule has 3 aromatic rings. The Labute approximate surface area is 172 Å². The number of nitrogens with zero attached hydrogens (tertiary/aromatic N) is 1. The number of thioether (sulfide) groups is 1. The van der Waals surface area contributed by atoms with E-state index in [2.05, 4.69) is 5.32 Å². The Balaban J connectivity index is 1.50. The van der Waals surface area contributed by atoms with Gasteiger partial charge in [-0.1, -0.05) is 12.1 Å². The van der Waals surface area contributed by atoms with Crippen LogP contribution in [0, 0.1) is 0 Å². The van der Waals surface area contributed by atoms with E-state index in [9.17, 15) is 9.59 Å². The average Bonchev–Trinajstić information content (AvgIpc) is 3.40. The van der Waals surface area contributed by atoms with Gasteiger partial charge in [-0.25, -0.2) is 0 Å². The van der Waals surface area contributed by atoms with Gasteiger partial charge < -0.3 is 14.5 Å². The van der Waals surface area contributed by atoms with Crippen molar-refractivity contribution in [2.24, 2.45) is 0 Å². The highest BCUT2D eigenvalue weighted by Crippen LogP contribution is 2.42. The molecule has 0 radical (unpaired) electrons. The number of ether oxygens (including phenoxy) is 1. The molecule has 2 aromatic carbocycles. The van der Waals surface area contributed by atoms with Gasteiger partial charge in [-0.2, -0.15) is 0 Å². The lowest BCUT2D eigenvalue weighted by Crippen LogP contribution is -2.27. The Morgan fingerprint density at radius 1 is 1.17 bits per heavy atom. The van der Waals surface area contributed by atoms with E-state index in [0.29, 0.717) is 18.0 Å². The summed E-state index contributed by atoms with van der Waals surface area (Å²) in [5, 5.41) is 2.68. The van der Waals surface area contributed by atoms with Crippen molar-refractivity contribution in [3.63, 3.8) is 0 Å². The van der Waals surface area contributed by atoms with E-state index in [-0.39, 0.29) is 22.9 Å². The van der Waals surface area contributed by atoms with Crippen molar-refractivity contribution in [3.05, 3.63) is 78.3 Å². The molecule has 1 aliphatic heterocycles. The van der Waals surface area contributed by atoms with Crippen LogP contribution in [-0.2, 0) is 4.79 Å². The van der Waals surface area contributed by atoms with E-state index in [1.807, 2.05) is 55.5 Å². The van der Waals surface area contributed by atoms with Crippen molar-refractivity contribution in [3.8, 4) is 5.75 Å². The molecule has 6 nitrogen and oxygen atoms in total. The Bertz CT molecular complexity index is 985. The van der Waals surface area contributed by atoms with Gasteiger partial charge in [0.25, 0.3) is 5.91 Å². The van der Waals surface area contributed by atoms with Crippen LogP contribution in [0.5, 0.6) is 5.75 Å². The maximum Gasteiger partial charge on any atom is 0.291 e. The zero-order valence-corrected chi connectivity index (χ0v) is 16.6. The molecule has 0 saturated carbocycles. The third kappa shape index (κ3) is 4.14. The van der Waals surface area contributed by atoms with Gasteiger partial charge >= 0.3 is 0 Å². The third-order valence-corrected chi connectivity index (χ3v) is 5.70. The molecule has 148 valence electrons. The predicted molar refractivity (Wildman–Crippen MR) is 113 cm³/mol. The zero-order chi connectivity index (χ0) is 20.2. The van der Waals surface area contributed by atoms with Gasteiger partial charge in [0.15, 0.2) is 5.76 Å². The predicted octanol–water partition coefficient (Wildman–Crippen LogP) is 4.71. The minimum absolute atomic E-state index is 0.0689. The summed E-state index contributed by atoms with van der Waals surface area (Å²) < 4.78 is 10.6. The van der Waals surface area contributed by atoms with Gasteiger partial charge in [0.1, 0.15) is 11.1 Å². The minimum atomic E-state index is -0.302. The fourth-order valence-corrected chi connectivity index (χ4v) is 4.33. The first kappa shape index (κ1) is 19.1. The topological polar surface area (TPSA) is 71.8 Å². The van der Waals surface area contributed by atoms with Crippen LogP contribution in [0.4, 0.5) is 11.4 Å². The molecular weight excluding hydrogens is 388 g/mol. The molecule has 1 aromatic heterocycles. The van der Waals surface area contributed by atoms with Gasteiger partial charge in [-0.3, -0.25) is 14.5 Å². The first-order valence-corrected chi connectivity index (χ1v) is 10.3. The highest BCUT2D eigenvalue weighted by atomic mass is 32.2. The number of amides is 2. The zero-order valence-electron chi connectivity index (χ0n) is 15.8. The van der Waals surface area contributed by atoms with Crippen molar-refractivity contribution < 1.29 is 18.7 Å². The molecule has 1 unspecified atom stereocenters. The van der Waals surface area contributed by atoms with Gasteiger partial charge in [0.05, 0.1) is 18.6 Å². The number of nitrogens with one attached hydrogen (secondary N) is 1. The molecular formula is C22H20N2O4S. The average molecular weight is 408 g/mol. The molecule has 0 spiro atoms. The Morgan fingerprint density at radius 2 is 1.93 bits per heavy atom. The molecule has 1 aliphatic rings. The Kier molecular flexibility index (Phi) is 5.57. The molecule has 2 heterocycles. The number of benzene rings is 2. The molecule has 7 heteroatoms. The number of hydrogen-bond acceptors (Lipinski definition) is 5. The normalized spacial score (nSPS) is 16.1. The van der Waals surface area contributed by atoms with E-state index < -0.39 is 0 Å². The lowest BCUT2D eigenvalue weighted by atomic mass is 10.1. The van der Waals surface area contributed by atoms with Crippen LogP contribution in [0.25, 0.3) is 0 Å². The second kappa shape index (κ2) is 8.45. The fraction of sp³-hybridized carbons (Fsp3) is 0.182. The van der Waals surface area contributed by atoms with Crippen LogP contribution in [0.1, 0.15) is 28.4 Å². The van der Waals surface area contributed by atoms with Crippen LogP contribution >= 0.6 is 11.8 Å². The van der Waals surface area contributed by atoms with E-state index >= 15 is 0 Å². The van der Waals surface area contributed by atoms with Crippen molar-refractivity contribution in [2.75, 3.05) is 22.6 Å². The molecule has 0 bridgehead atoms. The molecule has 1 fully saturated rings. The summed E-state index contributed by atoms with van der Waals surface area (Å²) in [4.78, 5) is 26.4. The van der Waals surface area contributed by atoms with E-state index in [0.717, 1.165) is 17.0 Å². The maximum atomic E-state index is 12.5. The number of carbonyl (C=O) groups excluding carboxylic acids is 2. The summed E-state index contributed by atoms with van der Waals surface area (Å²) in [6.45, 7) is 2.54. The number of furan rings is 1. The molecule has 4 rings (SSSR count). The van der Waals surface area contributed by atoms with E-state index in [1.165, 1.54) is 6.26 Å². The first-order valence-electron chi connectivity index (χ1n) is 9.27. The van der Waals surface area contributed by atoms with Crippen LogP contribution in [0.2, 0.25) is 0 Å². The summed E-state index contributed by atoms with van der Waals surface area (Å²) in [7, 11) is 0. The number of hydrogen-bond donors (Lipinski definition) is 1. The summed E-state index contributed by atoms with van der Waals surface area (Å²) in [6, 6.07) is 18.3. The highest BCUT2D eigenvalue weighted by molar-refractivity contribution is 8.00. The summed E-state index contributed by atoms with van der Waals surface area (Å²) >= 11 is 1.58. The maximum absolute atomic E-state index is 12.5. The van der Waals surface area contributed by atoms with Crippen LogP contribution in [0.15, 0.2) is 71.3 Å². The van der Waals surface area contributed by atoms with Crippen molar-refractivity contribution in [1.29, 1.82) is 0 Å². The van der Waals surface area contributed by atoms with Crippen LogP contribution < -0.4 is 15.0 Å². The van der Waals surface area contributed by atoms with E-state index in [1.54, 1.807) is 28.8 Å². The van der Waals surface area contributed by atoms with E-state index in [4.69, 9.17) is 9.15 Å². The molecule has 0 aliphatic carbocycles. The smallest absolute Gasteiger partial charge is 0.291 e. The monoisotopic (exact) mass is 408 g/mol. The SMILES string of the molecule is CCOc1ccc(N2C(=O)CSC2c2ccc(NC(=O)c3ccco3)cc2)cc1. The quantitative estimate of drug-likeness (QED) is 0.640. The van der Waals surface area contributed by atoms with Crippen molar-refractivity contribution >= 4 is 35.0 Å². The standard InChI is InChI=1S/C22H20N2O4S/c1-2-27-18-11-9-17(10-12-18)24-20(25)14-29-22(24)15-5-7-16(8-6-15)23-21(26)19-4-3-13-28-19/h3-13,22H,2,14H2,1H3,(H,23,26). The van der Waals surface area contributed by atoms with Crippen LogP contribution in [-0.4, -0.2) is 24.2 Å². The van der Waals surface area contributed by atoms with Crippen LogP contribution in [0.3, 0.4) is 0 Å². The minimum Gasteiger partial charge on any atom is -0.494 e. The van der Waals surface area contributed by atoms with Gasteiger partial charge in [0.2, 0.25) is 5.91 Å². The van der Waals surface area contributed by atoms with Gasteiger partial charge in [-0.05, 0) is 61.0 Å². The molecule has 1 saturated heterocycles. The summed E-state index contributed by atoms with van der Waals surface area (Å²) in [5.41, 5.74) is 2.49. The summed E-state index contributed by atoms with van der Waals surface area (Å²) in [5.74, 6) is 1.23. The number of rotatable bonds is 6. The molecule has 29 heavy (non-hydrogen) atoms. The number of anilines is 2. The lowest BCUT2D eigenvalue weighted by Gasteiger charge is -2.24. The highest BCUT2D eigenvalue weighted by Gasteiger charge is 2.34. The van der Waals surface area contributed by atoms with Gasteiger partial charge in [0, 0.05) is 11.4 Å². The Hall–Kier alpha value is -3.19. The van der Waals surface area contributed by atoms with Gasteiger partial charge in [-0.15, -0.1) is 11.8 Å². The molecule has 1 atom stereocenters. The second-order valence-corrected chi connectivity index (χ2v) is 7.48. The number of carbonyl (C=O) groups is 2. The van der Waals surface area contributed by atoms with Crippen molar-refractivity contribution in [2.45, 2.75) is 12.3 Å². The molecule has 2 amide bonds. The second-order valence-electron chi connectivity index (χ2n) is 6.41. The largest absolute Gasteiger partial charge is 0.494 e.